The summed E-state index contributed by atoms with van der Waals surface area (Å²) in [5, 5.41) is 3.36. The molecule has 0 aliphatic carbocycles. The molecule has 0 aliphatic rings. The molecule has 96 valence electrons. The third-order valence-electron chi connectivity index (χ3n) is 2.54. The zero-order chi connectivity index (χ0) is 13.2. The molecule has 0 spiro atoms. The van der Waals surface area contributed by atoms with Crippen molar-refractivity contribution in [3.63, 3.8) is 0 Å². The van der Waals surface area contributed by atoms with Crippen molar-refractivity contribution in [2.45, 2.75) is 32.9 Å². The molecule has 18 heavy (non-hydrogen) atoms. The molecule has 4 heteroatoms. The largest absolute Gasteiger partial charge is 0.306 e. The van der Waals surface area contributed by atoms with Crippen LogP contribution in [0.1, 0.15) is 26.5 Å². The third-order valence-corrected chi connectivity index (χ3v) is 2.54. The van der Waals surface area contributed by atoms with Crippen LogP contribution >= 0.6 is 0 Å². The van der Waals surface area contributed by atoms with E-state index >= 15 is 0 Å². The lowest BCUT2D eigenvalue weighted by Gasteiger charge is -2.19. The lowest BCUT2D eigenvalue weighted by Crippen LogP contribution is -2.35. The van der Waals surface area contributed by atoms with Crippen LogP contribution in [0.4, 0.5) is 4.39 Å². The number of aromatic nitrogens is 2. The molecule has 0 aliphatic heterocycles. The summed E-state index contributed by atoms with van der Waals surface area (Å²) in [4.78, 5) is 4.30. The van der Waals surface area contributed by atoms with Crippen molar-refractivity contribution in [2.75, 3.05) is 0 Å². The van der Waals surface area contributed by atoms with E-state index in [2.05, 4.69) is 31.1 Å². The highest BCUT2D eigenvalue weighted by Crippen LogP contribution is 2.11. The van der Waals surface area contributed by atoms with Crippen molar-refractivity contribution in [1.82, 2.24) is 14.9 Å². The molecule has 0 fully saturated rings. The number of rotatable bonds is 3. The summed E-state index contributed by atoms with van der Waals surface area (Å²) in [6.45, 7) is 7.02. The van der Waals surface area contributed by atoms with Crippen LogP contribution in [0, 0.1) is 5.82 Å². The van der Waals surface area contributed by atoms with E-state index in [4.69, 9.17) is 0 Å². The zero-order valence-corrected chi connectivity index (χ0v) is 10.9. The molecule has 2 aromatic rings. The van der Waals surface area contributed by atoms with E-state index in [1.54, 1.807) is 12.4 Å². The van der Waals surface area contributed by atoms with Crippen LogP contribution in [0.25, 0.3) is 5.69 Å². The molecule has 1 aromatic heterocycles. The number of nitrogens with one attached hydrogen (secondary N) is 1. The van der Waals surface area contributed by atoms with E-state index < -0.39 is 0 Å². The summed E-state index contributed by atoms with van der Waals surface area (Å²) in [6.07, 6.45) is 3.61. The first-order valence-corrected chi connectivity index (χ1v) is 5.98. The minimum Gasteiger partial charge on any atom is -0.306 e. The summed E-state index contributed by atoms with van der Waals surface area (Å²) in [5.74, 6) is -0.240. The highest BCUT2D eigenvalue weighted by atomic mass is 19.1. The fourth-order valence-electron chi connectivity index (χ4n) is 1.59. The van der Waals surface area contributed by atoms with Crippen molar-refractivity contribution in [3.05, 3.63) is 48.3 Å². The highest BCUT2D eigenvalue weighted by Gasteiger charge is 2.09. The van der Waals surface area contributed by atoms with Gasteiger partial charge >= 0.3 is 0 Å². The van der Waals surface area contributed by atoms with Crippen LogP contribution in [0.15, 0.2) is 36.8 Å². The number of hydrogen-bond donors (Lipinski definition) is 1. The van der Waals surface area contributed by atoms with E-state index in [-0.39, 0.29) is 11.4 Å². The first-order valence-electron chi connectivity index (χ1n) is 5.98. The SMILES string of the molecule is CC(C)(C)NCc1cn(-c2cccc(F)c2)cn1. The summed E-state index contributed by atoms with van der Waals surface area (Å²) in [7, 11) is 0. The molecule has 0 saturated heterocycles. The maximum atomic E-state index is 13.1. The third kappa shape index (κ3) is 3.40. The monoisotopic (exact) mass is 247 g/mol. The lowest BCUT2D eigenvalue weighted by atomic mass is 10.1. The Labute approximate surface area is 107 Å². The molecular weight excluding hydrogens is 229 g/mol. The van der Waals surface area contributed by atoms with Crippen molar-refractivity contribution < 1.29 is 4.39 Å². The Morgan fingerprint density at radius 2 is 2.11 bits per heavy atom. The van der Waals surface area contributed by atoms with E-state index in [1.807, 2.05) is 16.8 Å². The normalized spacial score (nSPS) is 11.8. The topological polar surface area (TPSA) is 29.9 Å². The Morgan fingerprint density at radius 1 is 1.33 bits per heavy atom. The van der Waals surface area contributed by atoms with Gasteiger partial charge < -0.3 is 9.88 Å². The van der Waals surface area contributed by atoms with Crippen LogP contribution in [-0.2, 0) is 6.54 Å². The number of halogens is 1. The second-order valence-corrected chi connectivity index (χ2v) is 5.36. The molecule has 0 amide bonds. The van der Waals surface area contributed by atoms with Gasteiger partial charge in [0.2, 0.25) is 0 Å². The second kappa shape index (κ2) is 4.90. The quantitative estimate of drug-likeness (QED) is 0.903. The first kappa shape index (κ1) is 12.8. The van der Waals surface area contributed by atoms with Crippen LogP contribution in [0.5, 0.6) is 0 Å². The molecule has 0 bridgehead atoms. The molecule has 2 rings (SSSR count). The predicted molar refractivity (Wildman–Crippen MR) is 70.1 cm³/mol. The van der Waals surface area contributed by atoms with Gasteiger partial charge in [-0.3, -0.25) is 0 Å². The maximum absolute atomic E-state index is 13.1. The summed E-state index contributed by atoms with van der Waals surface area (Å²) in [5.41, 5.74) is 1.78. The number of benzene rings is 1. The summed E-state index contributed by atoms with van der Waals surface area (Å²) >= 11 is 0. The van der Waals surface area contributed by atoms with Gasteiger partial charge in [-0.2, -0.15) is 0 Å². The maximum Gasteiger partial charge on any atom is 0.125 e. The van der Waals surface area contributed by atoms with Gasteiger partial charge in [-0.05, 0) is 39.0 Å². The van der Waals surface area contributed by atoms with E-state index in [9.17, 15) is 4.39 Å². The highest BCUT2D eigenvalue weighted by molar-refractivity contribution is 5.32. The van der Waals surface area contributed by atoms with Gasteiger partial charge in [-0.15, -0.1) is 0 Å². The molecule has 1 heterocycles. The van der Waals surface area contributed by atoms with Gasteiger partial charge in [-0.1, -0.05) is 6.07 Å². The number of hydrogen-bond acceptors (Lipinski definition) is 2. The molecule has 1 N–H and O–H groups in total. The predicted octanol–water partition coefficient (Wildman–Crippen LogP) is 2.90. The lowest BCUT2D eigenvalue weighted by molar-refractivity contribution is 0.421. The van der Waals surface area contributed by atoms with Gasteiger partial charge in [-0.25, -0.2) is 9.37 Å². The molecule has 0 radical (unpaired) electrons. The summed E-state index contributed by atoms with van der Waals surface area (Å²) < 4.78 is 14.9. The molecule has 3 nitrogen and oxygen atoms in total. The fraction of sp³-hybridized carbons (Fsp3) is 0.357. The van der Waals surface area contributed by atoms with Crippen molar-refractivity contribution in [2.24, 2.45) is 0 Å². The molecule has 0 unspecified atom stereocenters. The Balaban J connectivity index is 2.11. The van der Waals surface area contributed by atoms with Gasteiger partial charge in [0.15, 0.2) is 0 Å². The van der Waals surface area contributed by atoms with Crippen molar-refractivity contribution in [3.8, 4) is 5.69 Å². The molecular formula is C14H18FN3. The van der Waals surface area contributed by atoms with E-state index in [1.165, 1.54) is 12.1 Å². The molecule has 1 aromatic carbocycles. The average Bonchev–Trinajstić information content (AvgIpc) is 2.74. The smallest absolute Gasteiger partial charge is 0.125 e. The zero-order valence-electron chi connectivity index (χ0n) is 10.9. The van der Waals surface area contributed by atoms with Crippen LogP contribution in [-0.4, -0.2) is 15.1 Å². The van der Waals surface area contributed by atoms with Crippen molar-refractivity contribution in [1.29, 1.82) is 0 Å². The minimum atomic E-state index is -0.240. The average molecular weight is 247 g/mol. The Kier molecular flexibility index (Phi) is 3.48. The van der Waals surface area contributed by atoms with E-state index in [0.717, 1.165) is 11.4 Å². The fourth-order valence-corrected chi connectivity index (χ4v) is 1.59. The van der Waals surface area contributed by atoms with Crippen LogP contribution in [0.2, 0.25) is 0 Å². The first-order chi connectivity index (χ1) is 8.44. The van der Waals surface area contributed by atoms with Crippen LogP contribution < -0.4 is 5.32 Å². The Hall–Kier alpha value is -1.68. The Morgan fingerprint density at radius 3 is 2.78 bits per heavy atom. The van der Waals surface area contributed by atoms with Gasteiger partial charge in [0.05, 0.1) is 12.0 Å². The Bertz CT molecular complexity index is 526. The molecule has 0 atom stereocenters. The standard InChI is InChI=1S/C14H18FN3/c1-14(2,3)17-8-12-9-18(10-16-12)13-6-4-5-11(15)7-13/h4-7,9-10,17H,8H2,1-3H3. The number of nitrogens with zero attached hydrogens (tertiary/aromatic N) is 2. The van der Waals surface area contributed by atoms with Gasteiger partial charge in [0, 0.05) is 24.0 Å². The van der Waals surface area contributed by atoms with Crippen LogP contribution in [0.3, 0.4) is 0 Å². The molecule has 0 saturated carbocycles. The number of imidazole rings is 1. The van der Waals surface area contributed by atoms with Gasteiger partial charge in [0.25, 0.3) is 0 Å². The van der Waals surface area contributed by atoms with Gasteiger partial charge in [0.1, 0.15) is 5.82 Å². The second-order valence-electron chi connectivity index (χ2n) is 5.36. The van der Waals surface area contributed by atoms with E-state index in [0.29, 0.717) is 6.54 Å². The minimum absolute atomic E-state index is 0.0582. The summed E-state index contributed by atoms with van der Waals surface area (Å²) in [6, 6.07) is 6.47. The van der Waals surface area contributed by atoms with Crippen molar-refractivity contribution >= 4 is 0 Å².